The molecular weight excluding hydrogens is 472 g/mol. The second kappa shape index (κ2) is 10.5. The molecule has 9 nitrogen and oxygen atoms in total. The first-order valence-electron chi connectivity index (χ1n) is 12.3. The normalized spacial score (nSPS) is 16.5. The summed E-state index contributed by atoms with van der Waals surface area (Å²) in [5.74, 6) is -0.0203. The molecule has 0 unspecified atom stereocenters. The Kier molecular flexibility index (Phi) is 6.96. The molecule has 3 aromatic rings. The monoisotopic (exact) mass is 502 g/mol. The van der Waals surface area contributed by atoms with Crippen LogP contribution in [0.3, 0.4) is 0 Å². The third kappa shape index (κ3) is 5.67. The zero-order valence-electron chi connectivity index (χ0n) is 21.2. The summed E-state index contributed by atoms with van der Waals surface area (Å²) in [5, 5.41) is 3.97. The van der Waals surface area contributed by atoms with Gasteiger partial charge in [0.1, 0.15) is 18.0 Å². The van der Waals surface area contributed by atoms with Crippen LogP contribution in [0.15, 0.2) is 59.9 Å². The van der Waals surface area contributed by atoms with Crippen molar-refractivity contribution in [2.24, 2.45) is 5.92 Å². The van der Waals surface area contributed by atoms with Gasteiger partial charge in [-0.15, -0.1) is 0 Å². The smallest absolute Gasteiger partial charge is 0.347 e. The third-order valence-corrected chi connectivity index (χ3v) is 6.26. The zero-order chi connectivity index (χ0) is 25.9. The third-order valence-electron chi connectivity index (χ3n) is 6.26. The van der Waals surface area contributed by atoms with Crippen molar-refractivity contribution in [3.8, 4) is 5.75 Å². The predicted molar refractivity (Wildman–Crippen MR) is 140 cm³/mol. The van der Waals surface area contributed by atoms with E-state index in [9.17, 15) is 9.59 Å². The standard InChI is InChI=1S/C28H30N4O5/c1-17-13-20(35-12-11-32(2)3)8-9-22(17)31-27-24(28(34)36-16-18-6-7-18)25(33)23(37-27)14-19-15-30-26-21(19)5-4-10-29-26/h4-5,8-10,13-15,18,31H,6-7,11-12,16H2,1-3H3,(H,29,30)/b23-14-. The fourth-order valence-electron chi connectivity index (χ4n) is 3.92. The van der Waals surface area contributed by atoms with Gasteiger partial charge in [-0.05, 0) is 81.7 Å². The summed E-state index contributed by atoms with van der Waals surface area (Å²) < 4.78 is 17.2. The Bertz CT molecular complexity index is 1400. The Balaban J connectivity index is 1.40. The van der Waals surface area contributed by atoms with E-state index in [1.54, 1.807) is 18.5 Å². The first-order chi connectivity index (χ1) is 17.9. The first-order valence-corrected chi connectivity index (χ1v) is 12.3. The molecule has 0 amide bonds. The molecule has 2 aliphatic rings. The quantitative estimate of drug-likeness (QED) is 0.243. The second-order valence-corrected chi connectivity index (χ2v) is 9.58. The number of likely N-dealkylation sites (N-methyl/N-ethyl adjacent to an activating group) is 1. The molecule has 0 bridgehead atoms. The number of esters is 1. The largest absolute Gasteiger partial charge is 0.492 e. The van der Waals surface area contributed by atoms with E-state index in [0.717, 1.165) is 41.6 Å². The molecule has 1 fully saturated rings. The van der Waals surface area contributed by atoms with Crippen LogP contribution in [0.2, 0.25) is 0 Å². The molecule has 1 saturated carbocycles. The number of carbonyl (C=O) groups is 2. The van der Waals surface area contributed by atoms with Crippen LogP contribution >= 0.6 is 0 Å². The number of aryl methyl sites for hydroxylation is 1. The highest BCUT2D eigenvalue weighted by Crippen LogP contribution is 2.33. The lowest BCUT2D eigenvalue weighted by molar-refractivity contribution is -0.140. The van der Waals surface area contributed by atoms with E-state index in [1.165, 1.54) is 0 Å². The molecule has 3 heterocycles. The van der Waals surface area contributed by atoms with Crippen LogP contribution in [0.25, 0.3) is 17.1 Å². The van der Waals surface area contributed by atoms with Gasteiger partial charge in [0.05, 0.1) is 6.61 Å². The summed E-state index contributed by atoms with van der Waals surface area (Å²) in [6.07, 6.45) is 7.11. The van der Waals surface area contributed by atoms with E-state index < -0.39 is 11.8 Å². The van der Waals surface area contributed by atoms with Crippen LogP contribution in [0.5, 0.6) is 5.75 Å². The van der Waals surface area contributed by atoms with Gasteiger partial charge < -0.3 is 29.4 Å². The van der Waals surface area contributed by atoms with Crippen molar-refractivity contribution < 1.29 is 23.8 Å². The molecule has 0 atom stereocenters. The average molecular weight is 503 g/mol. The number of nitrogens with zero attached hydrogens (tertiary/aromatic N) is 2. The van der Waals surface area contributed by atoms with E-state index in [4.69, 9.17) is 14.2 Å². The van der Waals surface area contributed by atoms with Crippen molar-refractivity contribution in [1.29, 1.82) is 0 Å². The molecule has 2 N–H and O–H groups in total. The van der Waals surface area contributed by atoms with E-state index in [0.29, 0.717) is 30.5 Å². The minimum absolute atomic E-state index is 0.0342. The minimum Gasteiger partial charge on any atom is -0.492 e. The molecule has 2 aromatic heterocycles. The number of ether oxygens (including phenoxy) is 3. The molecule has 1 aliphatic heterocycles. The van der Waals surface area contributed by atoms with Crippen LogP contribution in [-0.2, 0) is 19.1 Å². The van der Waals surface area contributed by atoms with Crippen molar-refractivity contribution >= 4 is 34.5 Å². The molecule has 1 aliphatic carbocycles. The highest BCUT2D eigenvalue weighted by molar-refractivity contribution is 6.26. The molecule has 9 heteroatoms. The molecule has 0 spiro atoms. The number of pyridine rings is 1. The van der Waals surface area contributed by atoms with E-state index in [1.807, 2.05) is 56.3 Å². The van der Waals surface area contributed by atoms with E-state index in [2.05, 4.69) is 15.3 Å². The lowest BCUT2D eigenvalue weighted by atomic mass is 10.1. The van der Waals surface area contributed by atoms with Gasteiger partial charge in [-0.3, -0.25) is 4.79 Å². The fourth-order valence-corrected chi connectivity index (χ4v) is 3.92. The Hall–Kier alpha value is -4.11. The van der Waals surface area contributed by atoms with Crippen molar-refractivity contribution in [2.45, 2.75) is 19.8 Å². The number of allylic oxidation sites excluding steroid dienone is 1. The summed E-state index contributed by atoms with van der Waals surface area (Å²) in [4.78, 5) is 35.7. The summed E-state index contributed by atoms with van der Waals surface area (Å²) in [6, 6.07) is 9.28. The number of fused-ring (bicyclic) bond motifs is 1. The number of hydrogen-bond donors (Lipinski definition) is 2. The minimum atomic E-state index is -0.690. The van der Waals surface area contributed by atoms with Crippen LogP contribution < -0.4 is 10.1 Å². The molecule has 0 saturated heterocycles. The first kappa shape index (κ1) is 24.6. The number of nitrogens with one attached hydrogen (secondary N) is 2. The van der Waals surface area contributed by atoms with Crippen LogP contribution in [-0.4, -0.2) is 60.5 Å². The van der Waals surface area contributed by atoms with Crippen LogP contribution in [0.1, 0.15) is 24.0 Å². The number of ketones is 1. The van der Waals surface area contributed by atoms with Gasteiger partial charge in [-0.2, -0.15) is 0 Å². The lowest BCUT2D eigenvalue weighted by Gasteiger charge is -2.14. The molecular formula is C28H30N4O5. The number of hydrogen-bond acceptors (Lipinski definition) is 8. The molecule has 0 radical (unpaired) electrons. The number of anilines is 1. The predicted octanol–water partition coefficient (Wildman–Crippen LogP) is 4.03. The SMILES string of the molecule is Cc1cc(OCCN(C)C)ccc1NC1=C(C(=O)OCC2CC2)C(=O)/C(=C/c2c[nH]c3ncccc23)O1. The van der Waals surface area contributed by atoms with Gasteiger partial charge in [0.25, 0.3) is 0 Å². The fraction of sp³-hybridized carbons (Fsp3) is 0.321. The maximum atomic E-state index is 13.3. The van der Waals surface area contributed by atoms with E-state index in [-0.39, 0.29) is 17.2 Å². The number of rotatable bonds is 10. The Morgan fingerprint density at radius 3 is 2.89 bits per heavy atom. The summed E-state index contributed by atoms with van der Waals surface area (Å²) in [6.45, 7) is 3.58. The van der Waals surface area contributed by atoms with Gasteiger partial charge in [0.15, 0.2) is 11.3 Å². The van der Waals surface area contributed by atoms with Crippen molar-refractivity contribution in [3.63, 3.8) is 0 Å². The number of carbonyl (C=O) groups excluding carboxylic acids is 2. The average Bonchev–Trinajstić information content (AvgIpc) is 3.54. The maximum absolute atomic E-state index is 13.3. The Labute approximate surface area is 215 Å². The summed E-state index contributed by atoms with van der Waals surface area (Å²) in [5.41, 5.74) is 2.84. The van der Waals surface area contributed by atoms with Gasteiger partial charge in [-0.25, -0.2) is 9.78 Å². The maximum Gasteiger partial charge on any atom is 0.347 e. The van der Waals surface area contributed by atoms with E-state index >= 15 is 0 Å². The van der Waals surface area contributed by atoms with Crippen molar-refractivity contribution in [2.75, 3.05) is 39.2 Å². The van der Waals surface area contributed by atoms with Gasteiger partial charge >= 0.3 is 5.97 Å². The topological polar surface area (TPSA) is 106 Å². The second-order valence-electron chi connectivity index (χ2n) is 9.58. The highest BCUT2D eigenvalue weighted by Gasteiger charge is 2.38. The summed E-state index contributed by atoms with van der Waals surface area (Å²) >= 11 is 0. The molecule has 5 rings (SSSR count). The molecule has 192 valence electrons. The summed E-state index contributed by atoms with van der Waals surface area (Å²) in [7, 11) is 3.98. The zero-order valence-corrected chi connectivity index (χ0v) is 21.2. The van der Waals surface area contributed by atoms with Gasteiger partial charge in [0.2, 0.25) is 11.7 Å². The number of benzene rings is 1. The number of aromatic amines is 1. The highest BCUT2D eigenvalue weighted by atomic mass is 16.5. The van der Waals surface area contributed by atoms with Crippen molar-refractivity contribution in [3.05, 3.63) is 71.1 Å². The Morgan fingerprint density at radius 2 is 2.14 bits per heavy atom. The molecule has 37 heavy (non-hydrogen) atoms. The Morgan fingerprint density at radius 1 is 1.30 bits per heavy atom. The van der Waals surface area contributed by atoms with Gasteiger partial charge in [-0.1, -0.05) is 0 Å². The number of H-pyrrole nitrogens is 1. The lowest BCUT2D eigenvalue weighted by Crippen LogP contribution is -2.19. The number of aromatic nitrogens is 2. The van der Waals surface area contributed by atoms with Crippen LogP contribution in [0, 0.1) is 12.8 Å². The van der Waals surface area contributed by atoms with Crippen LogP contribution in [0.4, 0.5) is 5.69 Å². The number of Topliss-reactive ketones (excluding diaryl/α,β-unsaturated/α-hetero) is 1. The van der Waals surface area contributed by atoms with Crippen molar-refractivity contribution in [1.82, 2.24) is 14.9 Å². The molecule has 1 aromatic carbocycles. The van der Waals surface area contributed by atoms with Gasteiger partial charge in [0, 0.05) is 35.6 Å².